The molecule has 0 atom stereocenters. The van der Waals surface area contributed by atoms with E-state index < -0.39 is 10.0 Å². The van der Waals surface area contributed by atoms with Gasteiger partial charge < -0.3 is 4.74 Å². The molecular formula is C16H18ClNO3S. The number of nitrogens with one attached hydrogen (secondary N) is 1. The lowest BCUT2D eigenvalue weighted by Gasteiger charge is -2.09. The molecule has 0 bridgehead atoms. The van der Waals surface area contributed by atoms with Gasteiger partial charge in [0.2, 0.25) is 10.0 Å². The zero-order valence-electron chi connectivity index (χ0n) is 12.3. The molecule has 0 fully saturated rings. The highest BCUT2D eigenvalue weighted by molar-refractivity contribution is 7.88. The van der Waals surface area contributed by atoms with Crippen molar-refractivity contribution in [1.82, 2.24) is 4.72 Å². The molecule has 0 unspecified atom stereocenters. The zero-order valence-corrected chi connectivity index (χ0v) is 13.8. The van der Waals surface area contributed by atoms with Gasteiger partial charge in [-0.1, -0.05) is 41.9 Å². The van der Waals surface area contributed by atoms with E-state index in [0.717, 1.165) is 11.3 Å². The molecule has 0 aliphatic rings. The second kappa shape index (κ2) is 7.63. The van der Waals surface area contributed by atoms with Gasteiger partial charge >= 0.3 is 0 Å². The molecule has 0 aliphatic heterocycles. The Morgan fingerprint density at radius 1 is 1.09 bits per heavy atom. The van der Waals surface area contributed by atoms with E-state index in [0.29, 0.717) is 17.2 Å². The molecule has 0 saturated carbocycles. The minimum absolute atomic E-state index is 0.135. The Bertz CT molecular complexity index is 714. The summed E-state index contributed by atoms with van der Waals surface area (Å²) in [5, 5.41) is 0.453. The monoisotopic (exact) mass is 339 g/mol. The third-order valence-electron chi connectivity index (χ3n) is 3.03. The number of hydrogen-bond acceptors (Lipinski definition) is 3. The van der Waals surface area contributed by atoms with Crippen molar-refractivity contribution >= 4 is 21.6 Å². The fraction of sp³-hybridized carbons (Fsp3) is 0.250. The standard InChI is InChI=1S/C16H18ClNO3S/c1-2-21-15-9-7-13(8-10-15)11-18-22(19,20)12-14-5-3-4-6-16(14)17/h3-10,18H,2,11-12H2,1H3. The third-order valence-corrected chi connectivity index (χ3v) is 4.68. The second-order valence-corrected chi connectivity index (χ2v) is 6.96. The van der Waals surface area contributed by atoms with Crippen molar-refractivity contribution in [1.29, 1.82) is 0 Å². The van der Waals surface area contributed by atoms with Gasteiger partial charge in [-0.3, -0.25) is 0 Å². The average molecular weight is 340 g/mol. The lowest BCUT2D eigenvalue weighted by molar-refractivity contribution is 0.340. The van der Waals surface area contributed by atoms with Gasteiger partial charge in [0.1, 0.15) is 5.75 Å². The number of sulfonamides is 1. The molecule has 0 radical (unpaired) electrons. The van der Waals surface area contributed by atoms with Crippen LogP contribution in [0.1, 0.15) is 18.1 Å². The Balaban J connectivity index is 1.96. The fourth-order valence-electron chi connectivity index (χ4n) is 1.93. The van der Waals surface area contributed by atoms with E-state index in [1.54, 1.807) is 24.3 Å². The van der Waals surface area contributed by atoms with Gasteiger partial charge in [0, 0.05) is 11.6 Å². The molecule has 6 heteroatoms. The second-order valence-electron chi connectivity index (χ2n) is 4.75. The van der Waals surface area contributed by atoms with E-state index in [4.69, 9.17) is 16.3 Å². The summed E-state index contributed by atoms with van der Waals surface area (Å²) in [4.78, 5) is 0. The van der Waals surface area contributed by atoms with Crippen LogP contribution in [0.4, 0.5) is 0 Å². The van der Waals surface area contributed by atoms with Crippen LogP contribution in [0.5, 0.6) is 5.75 Å². The molecule has 118 valence electrons. The van der Waals surface area contributed by atoms with Gasteiger partial charge in [0.25, 0.3) is 0 Å². The van der Waals surface area contributed by atoms with Crippen LogP contribution < -0.4 is 9.46 Å². The summed E-state index contributed by atoms with van der Waals surface area (Å²) in [7, 11) is -3.44. The summed E-state index contributed by atoms with van der Waals surface area (Å²) in [6.07, 6.45) is 0. The van der Waals surface area contributed by atoms with Crippen molar-refractivity contribution < 1.29 is 13.2 Å². The molecule has 0 heterocycles. The summed E-state index contributed by atoms with van der Waals surface area (Å²) in [6, 6.07) is 14.2. The van der Waals surface area contributed by atoms with Crippen LogP contribution in [0.25, 0.3) is 0 Å². The first-order valence-corrected chi connectivity index (χ1v) is 8.95. The van der Waals surface area contributed by atoms with Crippen LogP contribution >= 0.6 is 11.6 Å². The van der Waals surface area contributed by atoms with E-state index in [1.165, 1.54) is 0 Å². The molecule has 0 aromatic heterocycles. The minimum atomic E-state index is -3.44. The van der Waals surface area contributed by atoms with Crippen molar-refractivity contribution in [3.63, 3.8) is 0 Å². The molecule has 2 aromatic carbocycles. The first-order valence-electron chi connectivity index (χ1n) is 6.92. The van der Waals surface area contributed by atoms with Crippen molar-refractivity contribution in [2.75, 3.05) is 6.61 Å². The van der Waals surface area contributed by atoms with Gasteiger partial charge in [-0.25, -0.2) is 13.1 Å². The molecule has 2 aromatic rings. The summed E-state index contributed by atoms with van der Waals surface area (Å²) in [6.45, 7) is 2.75. The topological polar surface area (TPSA) is 55.4 Å². The van der Waals surface area contributed by atoms with E-state index in [1.807, 2.05) is 31.2 Å². The number of rotatable bonds is 7. The molecule has 1 N–H and O–H groups in total. The Kier molecular flexibility index (Phi) is 5.83. The van der Waals surface area contributed by atoms with E-state index in [9.17, 15) is 8.42 Å². The molecule has 0 spiro atoms. The minimum Gasteiger partial charge on any atom is -0.494 e. The molecule has 22 heavy (non-hydrogen) atoms. The molecule has 0 aliphatic carbocycles. The number of ether oxygens (including phenoxy) is 1. The SMILES string of the molecule is CCOc1ccc(CNS(=O)(=O)Cc2ccccc2Cl)cc1. The first-order chi connectivity index (χ1) is 10.5. The Labute approximate surface area is 136 Å². The molecule has 0 amide bonds. The normalized spacial score (nSPS) is 11.4. The summed E-state index contributed by atoms with van der Waals surface area (Å²) in [5.41, 5.74) is 1.45. The van der Waals surface area contributed by atoms with Crippen LogP contribution in [-0.4, -0.2) is 15.0 Å². The highest BCUT2D eigenvalue weighted by atomic mass is 35.5. The van der Waals surface area contributed by atoms with E-state index >= 15 is 0 Å². The Hall–Kier alpha value is -1.56. The van der Waals surface area contributed by atoms with Crippen molar-refractivity contribution in [3.05, 3.63) is 64.7 Å². The molecule has 2 rings (SSSR count). The van der Waals surface area contributed by atoms with Crippen LogP contribution in [0.3, 0.4) is 0 Å². The number of benzene rings is 2. The van der Waals surface area contributed by atoms with Gasteiger partial charge in [-0.2, -0.15) is 0 Å². The van der Waals surface area contributed by atoms with Gasteiger partial charge in [0.15, 0.2) is 0 Å². The Morgan fingerprint density at radius 3 is 2.41 bits per heavy atom. The lowest BCUT2D eigenvalue weighted by Crippen LogP contribution is -2.24. The van der Waals surface area contributed by atoms with Gasteiger partial charge in [0.05, 0.1) is 12.4 Å². The van der Waals surface area contributed by atoms with Crippen LogP contribution in [0.2, 0.25) is 5.02 Å². The van der Waals surface area contributed by atoms with E-state index in [2.05, 4.69) is 4.72 Å². The smallest absolute Gasteiger partial charge is 0.216 e. The van der Waals surface area contributed by atoms with Crippen molar-refractivity contribution in [2.45, 2.75) is 19.2 Å². The maximum atomic E-state index is 12.1. The van der Waals surface area contributed by atoms with Crippen molar-refractivity contribution in [3.8, 4) is 5.75 Å². The summed E-state index contributed by atoms with van der Waals surface area (Å²) in [5.74, 6) is 0.633. The Morgan fingerprint density at radius 2 is 1.77 bits per heavy atom. The maximum Gasteiger partial charge on any atom is 0.216 e. The predicted octanol–water partition coefficient (Wildman–Crippen LogP) is 3.36. The summed E-state index contributed by atoms with van der Waals surface area (Å²) < 4.78 is 32.1. The predicted molar refractivity (Wildman–Crippen MR) is 88.5 cm³/mol. The zero-order chi connectivity index (χ0) is 16.0. The molecular weight excluding hydrogens is 322 g/mol. The van der Waals surface area contributed by atoms with E-state index in [-0.39, 0.29) is 12.3 Å². The molecule has 0 saturated heterocycles. The number of halogens is 1. The fourth-order valence-corrected chi connectivity index (χ4v) is 3.37. The largest absolute Gasteiger partial charge is 0.494 e. The van der Waals surface area contributed by atoms with Crippen molar-refractivity contribution in [2.24, 2.45) is 0 Å². The maximum absolute atomic E-state index is 12.1. The summed E-state index contributed by atoms with van der Waals surface area (Å²) >= 11 is 5.99. The number of hydrogen-bond donors (Lipinski definition) is 1. The van der Waals surface area contributed by atoms with Gasteiger partial charge in [-0.05, 0) is 36.2 Å². The first kappa shape index (κ1) is 16.8. The lowest BCUT2D eigenvalue weighted by atomic mass is 10.2. The van der Waals surface area contributed by atoms with Gasteiger partial charge in [-0.15, -0.1) is 0 Å². The highest BCUT2D eigenvalue weighted by Crippen LogP contribution is 2.17. The van der Waals surface area contributed by atoms with Crippen LogP contribution in [0, 0.1) is 0 Å². The quantitative estimate of drug-likeness (QED) is 0.841. The van der Waals surface area contributed by atoms with Crippen LogP contribution in [0.15, 0.2) is 48.5 Å². The third kappa shape index (κ3) is 5.02. The molecule has 4 nitrogen and oxygen atoms in total. The van der Waals surface area contributed by atoms with Crippen LogP contribution in [-0.2, 0) is 22.3 Å². The highest BCUT2D eigenvalue weighted by Gasteiger charge is 2.13. The average Bonchev–Trinajstić information content (AvgIpc) is 2.49.